The predicted octanol–water partition coefficient (Wildman–Crippen LogP) is 5.50. The highest BCUT2D eigenvalue weighted by Gasteiger charge is 2.09. The van der Waals surface area contributed by atoms with Crippen LogP contribution in [0, 0.1) is 0 Å². The third-order valence-electron chi connectivity index (χ3n) is 5.08. The van der Waals surface area contributed by atoms with Gasteiger partial charge < -0.3 is 5.32 Å². The average molecular weight is 451 g/mol. The second-order valence-electron chi connectivity index (χ2n) is 7.40. The van der Waals surface area contributed by atoms with Gasteiger partial charge in [0.25, 0.3) is 0 Å². The number of anilines is 1. The first-order valence-corrected chi connectivity index (χ1v) is 11.5. The van der Waals surface area contributed by atoms with Crippen LogP contribution in [0.2, 0.25) is 0 Å². The molecule has 3 heterocycles. The van der Waals surface area contributed by atoms with E-state index in [0.717, 1.165) is 39.4 Å². The molecule has 0 aliphatic rings. The van der Waals surface area contributed by atoms with Crippen molar-refractivity contribution in [3.05, 3.63) is 109 Å². The lowest BCUT2D eigenvalue weighted by Gasteiger charge is -2.10. The highest BCUT2D eigenvalue weighted by atomic mass is 32.2. The smallest absolute Gasteiger partial charge is 0.156 e. The topological polar surface area (TPSA) is 75.6 Å². The Hall–Kier alpha value is -3.81. The normalized spacial score (nSPS) is 10.9. The molecule has 0 atom stereocenters. The molecule has 33 heavy (non-hydrogen) atoms. The van der Waals surface area contributed by atoms with E-state index in [1.807, 2.05) is 36.4 Å². The third-order valence-corrected chi connectivity index (χ3v) is 5.86. The Kier molecular flexibility index (Phi) is 6.51. The lowest BCUT2D eigenvalue weighted by molar-refractivity contribution is 0.975. The first kappa shape index (κ1) is 21.1. The molecule has 162 valence electrons. The molecule has 5 aromatic rings. The minimum Gasteiger partial charge on any atom is -0.363 e. The average Bonchev–Trinajstić information content (AvgIpc) is 2.88. The van der Waals surface area contributed by atoms with Crippen LogP contribution >= 0.6 is 11.9 Å². The number of nitrogens with zero attached hydrogens (tertiary/aromatic N) is 4. The maximum absolute atomic E-state index is 4.89. The second kappa shape index (κ2) is 10.2. The van der Waals surface area contributed by atoms with Crippen molar-refractivity contribution in [3.8, 4) is 11.3 Å². The molecule has 0 saturated heterocycles. The molecule has 0 amide bonds. The zero-order valence-electron chi connectivity index (χ0n) is 17.8. The van der Waals surface area contributed by atoms with Gasteiger partial charge in [-0.15, -0.1) is 0 Å². The summed E-state index contributed by atoms with van der Waals surface area (Å²) in [5.74, 6) is 0.697. The summed E-state index contributed by atoms with van der Waals surface area (Å²) in [6, 6.07) is 28.6. The van der Waals surface area contributed by atoms with Crippen molar-refractivity contribution >= 4 is 28.8 Å². The Bertz CT molecular complexity index is 1350. The Balaban J connectivity index is 1.34. The number of hydrogen-bond donors (Lipinski definition) is 2. The van der Waals surface area contributed by atoms with Crippen LogP contribution in [-0.2, 0) is 13.1 Å². The highest BCUT2D eigenvalue weighted by molar-refractivity contribution is 7.97. The van der Waals surface area contributed by atoms with Gasteiger partial charge in [-0.25, -0.2) is 15.0 Å². The van der Waals surface area contributed by atoms with Crippen LogP contribution < -0.4 is 10.0 Å². The monoisotopic (exact) mass is 450 g/mol. The summed E-state index contributed by atoms with van der Waals surface area (Å²) < 4.78 is 3.43. The maximum atomic E-state index is 4.89. The standard InChI is InChI=1S/C26H22N6S/c1-2-7-19(8-3-1)16-31-33-22-11-6-9-20(15-22)23-12-13-24-25(32-23)26(30-18-29-24)28-17-21-10-4-5-14-27-21/h1-15,18,31H,16-17H2,(H,28,29,30). The van der Waals surface area contributed by atoms with Crippen molar-refractivity contribution in [2.75, 3.05) is 5.32 Å². The van der Waals surface area contributed by atoms with E-state index in [9.17, 15) is 0 Å². The molecule has 0 fully saturated rings. The van der Waals surface area contributed by atoms with Gasteiger partial charge in [0.2, 0.25) is 0 Å². The van der Waals surface area contributed by atoms with Gasteiger partial charge in [0.05, 0.1) is 23.4 Å². The SMILES string of the molecule is c1ccc(CNSc2cccc(-c3ccc4ncnc(NCc5ccccn5)c4n3)c2)cc1. The van der Waals surface area contributed by atoms with Crippen molar-refractivity contribution in [2.24, 2.45) is 0 Å². The molecule has 0 bridgehead atoms. The minimum absolute atomic E-state index is 0.568. The van der Waals surface area contributed by atoms with Gasteiger partial charge in [-0.2, -0.15) is 0 Å². The lowest BCUT2D eigenvalue weighted by atomic mass is 10.1. The first-order valence-electron chi connectivity index (χ1n) is 10.6. The molecule has 2 N–H and O–H groups in total. The van der Waals surface area contributed by atoms with E-state index in [-0.39, 0.29) is 0 Å². The molecular formula is C26H22N6S. The Labute approximate surface area is 196 Å². The van der Waals surface area contributed by atoms with Crippen LogP contribution in [0.25, 0.3) is 22.3 Å². The minimum atomic E-state index is 0.568. The van der Waals surface area contributed by atoms with Crippen molar-refractivity contribution in [2.45, 2.75) is 18.0 Å². The Morgan fingerprint density at radius 2 is 1.67 bits per heavy atom. The van der Waals surface area contributed by atoms with Crippen LogP contribution in [0.3, 0.4) is 0 Å². The first-order chi connectivity index (χ1) is 16.3. The van der Waals surface area contributed by atoms with Crippen molar-refractivity contribution in [3.63, 3.8) is 0 Å². The fraction of sp³-hybridized carbons (Fsp3) is 0.0769. The summed E-state index contributed by atoms with van der Waals surface area (Å²) >= 11 is 1.61. The largest absolute Gasteiger partial charge is 0.363 e. The molecule has 0 aliphatic heterocycles. The van der Waals surface area contributed by atoms with Gasteiger partial charge in [0, 0.05) is 23.2 Å². The van der Waals surface area contributed by atoms with Gasteiger partial charge in [-0.1, -0.05) is 48.5 Å². The van der Waals surface area contributed by atoms with E-state index in [0.29, 0.717) is 12.4 Å². The van der Waals surface area contributed by atoms with E-state index >= 15 is 0 Å². The molecule has 0 radical (unpaired) electrons. The van der Waals surface area contributed by atoms with Crippen LogP contribution in [-0.4, -0.2) is 19.9 Å². The molecule has 5 rings (SSSR count). The molecule has 7 heteroatoms. The zero-order chi connectivity index (χ0) is 22.3. The molecule has 0 aliphatic carbocycles. The highest BCUT2D eigenvalue weighted by Crippen LogP contribution is 2.26. The quantitative estimate of drug-likeness (QED) is 0.303. The van der Waals surface area contributed by atoms with Gasteiger partial charge >= 0.3 is 0 Å². The van der Waals surface area contributed by atoms with Crippen molar-refractivity contribution in [1.29, 1.82) is 0 Å². The third kappa shape index (κ3) is 5.34. The summed E-state index contributed by atoms with van der Waals surface area (Å²) in [6.07, 6.45) is 3.34. The van der Waals surface area contributed by atoms with E-state index in [2.05, 4.69) is 73.5 Å². The van der Waals surface area contributed by atoms with E-state index in [4.69, 9.17) is 4.98 Å². The van der Waals surface area contributed by atoms with Crippen LogP contribution in [0.15, 0.2) is 102 Å². The summed E-state index contributed by atoms with van der Waals surface area (Å²) in [5.41, 5.74) is 5.65. The van der Waals surface area contributed by atoms with Crippen molar-refractivity contribution in [1.82, 2.24) is 24.7 Å². The van der Waals surface area contributed by atoms with E-state index in [1.54, 1.807) is 24.5 Å². The van der Waals surface area contributed by atoms with Gasteiger partial charge in [-0.05, 0) is 53.9 Å². The summed E-state index contributed by atoms with van der Waals surface area (Å²) in [6.45, 7) is 1.37. The number of nitrogens with one attached hydrogen (secondary N) is 2. The van der Waals surface area contributed by atoms with Gasteiger partial charge in [-0.3, -0.25) is 9.71 Å². The molecule has 2 aromatic carbocycles. The number of fused-ring (bicyclic) bond motifs is 1. The number of rotatable bonds is 8. The van der Waals surface area contributed by atoms with Crippen LogP contribution in [0.4, 0.5) is 5.82 Å². The number of hydrogen-bond acceptors (Lipinski definition) is 7. The van der Waals surface area contributed by atoms with Crippen LogP contribution in [0.1, 0.15) is 11.3 Å². The zero-order valence-corrected chi connectivity index (χ0v) is 18.7. The second-order valence-corrected chi connectivity index (χ2v) is 8.36. The predicted molar refractivity (Wildman–Crippen MR) is 133 cm³/mol. The fourth-order valence-corrected chi connectivity index (χ4v) is 4.16. The molecule has 6 nitrogen and oxygen atoms in total. The molecule has 0 spiro atoms. The Morgan fingerprint density at radius 1 is 0.758 bits per heavy atom. The summed E-state index contributed by atoms with van der Waals surface area (Å²) in [5, 5.41) is 3.35. The van der Waals surface area contributed by atoms with Gasteiger partial charge in [0.1, 0.15) is 11.8 Å². The fourth-order valence-electron chi connectivity index (χ4n) is 3.42. The number of pyridine rings is 2. The summed E-state index contributed by atoms with van der Waals surface area (Å²) in [7, 11) is 0. The molecule has 0 saturated carbocycles. The van der Waals surface area contributed by atoms with E-state index < -0.39 is 0 Å². The Morgan fingerprint density at radius 3 is 2.55 bits per heavy atom. The van der Waals surface area contributed by atoms with Crippen LogP contribution in [0.5, 0.6) is 0 Å². The number of benzene rings is 2. The van der Waals surface area contributed by atoms with Crippen molar-refractivity contribution < 1.29 is 0 Å². The molecule has 3 aromatic heterocycles. The van der Waals surface area contributed by atoms with Gasteiger partial charge in [0.15, 0.2) is 5.82 Å². The van der Waals surface area contributed by atoms with E-state index in [1.165, 1.54) is 5.56 Å². The maximum Gasteiger partial charge on any atom is 0.156 e. The number of aromatic nitrogens is 4. The molecule has 0 unspecified atom stereocenters. The molecular weight excluding hydrogens is 428 g/mol. The summed E-state index contributed by atoms with van der Waals surface area (Å²) in [4.78, 5) is 19.2. The lowest BCUT2D eigenvalue weighted by Crippen LogP contribution is -2.05.